The number of likely N-dealkylation sites (tertiary alicyclic amines) is 1. The van der Waals surface area contributed by atoms with Gasteiger partial charge < -0.3 is 15.3 Å². The van der Waals surface area contributed by atoms with E-state index in [-0.39, 0.29) is 12.6 Å². The number of aliphatic hydroxyl groups excluding tert-OH is 1. The fraction of sp³-hybridized carbons (Fsp3) is 0.533. The second kappa shape index (κ2) is 7.93. The van der Waals surface area contributed by atoms with Crippen molar-refractivity contribution in [1.82, 2.24) is 10.2 Å². The molecule has 20 heavy (non-hydrogen) atoms. The number of carbonyl (C=O) groups excluding carboxylic acids is 1. The number of nitrogens with zero attached hydrogens (tertiary/aromatic N) is 1. The largest absolute Gasteiger partial charge is 0.384 e. The van der Waals surface area contributed by atoms with Crippen LogP contribution in [0.2, 0.25) is 0 Å². The van der Waals surface area contributed by atoms with E-state index in [9.17, 15) is 4.79 Å². The highest BCUT2D eigenvalue weighted by molar-refractivity contribution is 7.10. The maximum Gasteiger partial charge on any atom is 0.317 e. The van der Waals surface area contributed by atoms with Crippen LogP contribution >= 0.6 is 11.3 Å². The average Bonchev–Trinajstić information content (AvgIpc) is 2.73. The van der Waals surface area contributed by atoms with Gasteiger partial charge in [-0.05, 0) is 24.3 Å². The van der Waals surface area contributed by atoms with Crippen LogP contribution in [0.4, 0.5) is 4.79 Å². The first-order chi connectivity index (χ1) is 9.81. The average molecular weight is 292 g/mol. The van der Waals surface area contributed by atoms with Crippen molar-refractivity contribution in [2.75, 3.05) is 19.7 Å². The first kappa shape index (κ1) is 14.9. The maximum atomic E-state index is 12.1. The van der Waals surface area contributed by atoms with Crippen LogP contribution in [0, 0.1) is 11.8 Å². The molecule has 0 aliphatic carbocycles. The molecule has 1 fully saturated rings. The minimum atomic E-state index is -0.143. The van der Waals surface area contributed by atoms with Crippen molar-refractivity contribution < 1.29 is 9.90 Å². The number of thiophene rings is 1. The Kier molecular flexibility index (Phi) is 5.90. The van der Waals surface area contributed by atoms with Crippen LogP contribution in [0.25, 0.3) is 0 Å². The van der Waals surface area contributed by atoms with Gasteiger partial charge in [-0.25, -0.2) is 4.79 Å². The summed E-state index contributed by atoms with van der Waals surface area (Å²) in [5.74, 6) is 5.54. The predicted molar refractivity (Wildman–Crippen MR) is 80.6 cm³/mol. The normalized spacial score (nSPS) is 15.2. The SMILES string of the molecule is O=C(NCc1sccc1C#CCO)N1CCCCCC1. The smallest absolute Gasteiger partial charge is 0.317 e. The molecule has 0 saturated carbocycles. The third-order valence-corrected chi connectivity index (χ3v) is 4.26. The third kappa shape index (κ3) is 4.26. The predicted octanol–water partition coefficient (Wildman–Crippen LogP) is 2.18. The molecule has 2 heterocycles. The molecule has 0 radical (unpaired) electrons. The van der Waals surface area contributed by atoms with E-state index < -0.39 is 0 Å². The van der Waals surface area contributed by atoms with Crippen molar-refractivity contribution in [2.45, 2.75) is 32.2 Å². The summed E-state index contributed by atoms with van der Waals surface area (Å²) in [6.07, 6.45) is 4.63. The Balaban J connectivity index is 1.88. The summed E-state index contributed by atoms with van der Waals surface area (Å²) >= 11 is 1.58. The number of nitrogens with one attached hydrogen (secondary N) is 1. The summed E-state index contributed by atoms with van der Waals surface area (Å²) in [7, 11) is 0. The van der Waals surface area contributed by atoms with Gasteiger partial charge in [-0.3, -0.25) is 0 Å². The number of aliphatic hydroxyl groups is 1. The molecular formula is C15H20N2O2S. The Bertz CT molecular complexity index is 493. The number of hydrogen-bond acceptors (Lipinski definition) is 3. The van der Waals surface area contributed by atoms with Crippen molar-refractivity contribution in [3.8, 4) is 11.8 Å². The van der Waals surface area contributed by atoms with Crippen LogP contribution in [0.15, 0.2) is 11.4 Å². The van der Waals surface area contributed by atoms with Gasteiger partial charge in [-0.1, -0.05) is 24.7 Å². The lowest BCUT2D eigenvalue weighted by Gasteiger charge is -2.20. The van der Waals surface area contributed by atoms with Crippen molar-refractivity contribution in [3.05, 3.63) is 21.9 Å². The van der Waals surface area contributed by atoms with Crippen LogP contribution in [0.1, 0.15) is 36.1 Å². The molecule has 1 aliphatic heterocycles. The lowest BCUT2D eigenvalue weighted by atomic mass is 10.2. The fourth-order valence-electron chi connectivity index (χ4n) is 2.27. The molecule has 0 spiro atoms. The summed E-state index contributed by atoms with van der Waals surface area (Å²) in [5, 5.41) is 13.6. The molecule has 2 N–H and O–H groups in total. The van der Waals surface area contributed by atoms with Gasteiger partial charge in [-0.15, -0.1) is 11.3 Å². The van der Waals surface area contributed by atoms with E-state index in [1.807, 2.05) is 16.3 Å². The molecule has 1 saturated heterocycles. The van der Waals surface area contributed by atoms with E-state index in [0.717, 1.165) is 36.4 Å². The van der Waals surface area contributed by atoms with E-state index in [2.05, 4.69) is 17.2 Å². The Morgan fingerprint density at radius 3 is 2.80 bits per heavy atom. The number of amides is 2. The zero-order valence-electron chi connectivity index (χ0n) is 11.5. The lowest BCUT2D eigenvalue weighted by molar-refractivity contribution is 0.199. The molecule has 1 aliphatic rings. The minimum absolute atomic E-state index is 0.0152. The Hall–Kier alpha value is -1.51. The molecule has 0 bridgehead atoms. The highest BCUT2D eigenvalue weighted by atomic mass is 32.1. The van der Waals surface area contributed by atoms with Crippen LogP contribution < -0.4 is 5.32 Å². The van der Waals surface area contributed by atoms with Crippen LogP contribution in [0.5, 0.6) is 0 Å². The van der Waals surface area contributed by atoms with Gasteiger partial charge in [-0.2, -0.15) is 0 Å². The van der Waals surface area contributed by atoms with Crippen LogP contribution in [-0.4, -0.2) is 35.7 Å². The highest BCUT2D eigenvalue weighted by Gasteiger charge is 2.15. The molecular weight excluding hydrogens is 272 g/mol. The maximum absolute atomic E-state index is 12.1. The molecule has 1 aromatic rings. The summed E-state index contributed by atoms with van der Waals surface area (Å²) in [4.78, 5) is 15.1. The monoisotopic (exact) mass is 292 g/mol. The quantitative estimate of drug-likeness (QED) is 0.821. The Morgan fingerprint density at radius 2 is 2.10 bits per heavy atom. The van der Waals surface area contributed by atoms with E-state index in [4.69, 9.17) is 5.11 Å². The molecule has 5 heteroatoms. The topological polar surface area (TPSA) is 52.6 Å². The summed E-state index contributed by atoms with van der Waals surface area (Å²) in [5.41, 5.74) is 0.889. The van der Waals surface area contributed by atoms with Crippen molar-refractivity contribution in [3.63, 3.8) is 0 Å². The van der Waals surface area contributed by atoms with E-state index in [1.54, 1.807) is 11.3 Å². The van der Waals surface area contributed by atoms with Crippen LogP contribution in [-0.2, 0) is 6.54 Å². The standard InChI is InChI=1S/C15H20N2O2S/c18-10-5-6-13-7-11-20-14(13)12-16-15(19)17-8-3-1-2-4-9-17/h7,11,18H,1-4,8-10,12H2,(H,16,19). The zero-order valence-corrected chi connectivity index (χ0v) is 12.3. The molecule has 0 aromatic carbocycles. The van der Waals surface area contributed by atoms with E-state index >= 15 is 0 Å². The summed E-state index contributed by atoms with van der Waals surface area (Å²) < 4.78 is 0. The first-order valence-electron chi connectivity index (χ1n) is 7.00. The molecule has 4 nitrogen and oxygen atoms in total. The Morgan fingerprint density at radius 1 is 1.35 bits per heavy atom. The summed E-state index contributed by atoms with van der Waals surface area (Å²) in [6, 6.07) is 1.93. The summed E-state index contributed by atoms with van der Waals surface area (Å²) in [6.45, 7) is 2.07. The molecule has 2 rings (SSSR count). The molecule has 0 unspecified atom stereocenters. The van der Waals surface area contributed by atoms with Crippen molar-refractivity contribution >= 4 is 17.4 Å². The van der Waals surface area contributed by atoms with Gasteiger partial charge in [0, 0.05) is 23.5 Å². The number of urea groups is 1. The molecule has 108 valence electrons. The zero-order chi connectivity index (χ0) is 14.2. The van der Waals surface area contributed by atoms with E-state index in [1.165, 1.54) is 12.8 Å². The van der Waals surface area contributed by atoms with Gasteiger partial charge in [0.1, 0.15) is 6.61 Å². The van der Waals surface area contributed by atoms with Gasteiger partial charge in [0.2, 0.25) is 0 Å². The number of rotatable bonds is 2. The Labute approximate surface area is 123 Å². The van der Waals surface area contributed by atoms with Gasteiger partial charge >= 0.3 is 6.03 Å². The van der Waals surface area contributed by atoms with Crippen molar-refractivity contribution in [1.29, 1.82) is 0 Å². The molecule has 0 atom stereocenters. The van der Waals surface area contributed by atoms with Gasteiger partial charge in [0.05, 0.1) is 6.54 Å². The van der Waals surface area contributed by atoms with E-state index in [0.29, 0.717) is 6.54 Å². The second-order valence-corrected chi connectivity index (χ2v) is 5.78. The lowest BCUT2D eigenvalue weighted by Crippen LogP contribution is -2.40. The molecule has 1 aromatic heterocycles. The van der Waals surface area contributed by atoms with Gasteiger partial charge in [0.15, 0.2) is 0 Å². The van der Waals surface area contributed by atoms with Crippen LogP contribution in [0.3, 0.4) is 0 Å². The first-order valence-corrected chi connectivity index (χ1v) is 7.88. The van der Waals surface area contributed by atoms with Gasteiger partial charge in [0.25, 0.3) is 0 Å². The van der Waals surface area contributed by atoms with Crippen molar-refractivity contribution in [2.24, 2.45) is 0 Å². The highest BCUT2D eigenvalue weighted by Crippen LogP contribution is 2.16. The second-order valence-electron chi connectivity index (χ2n) is 4.78. The fourth-order valence-corrected chi connectivity index (χ4v) is 3.04. The number of hydrogen-bond donors (Lipinski definition) is 2. The number of carbonyl (C=O) groups is 1. The minimum Gasteiger partial charge on any atom is -0.384 e. The molecule has 2 amide bonds. The third-order valence-electron chi connectivity index (χ3n) is 3.34.